The number of benzene rings is 2. The van der Waals surface area contributed by atoms with Crippen molar-refractivity contribution in [1.29, 1.82) is 0 Å². The van der Waals surface area contributed by atoms with Gasteiger partial charge in [0, 0.05) is 11.3 Å². The van der Waals surface area contributed by atoms with E-state index in [0.29, 0.717) is 5.84 Å². The third-order valence-corrected chi connectivity index (χ3v) is 3.62. The minimum atomic E-state index is 0.717. The van der Waals surface area contributed by atoms with Crippen molar-refractivity contribution in [3.8, 4) is 0 Å². The minimum absolute atomic E-state index is 0.717. The van der Waals surface area contributed by atoms with Crippen molar-refractivity contribution in [3.05, 3.63) is 77.4 Å². The lowest BCUT2D eigenvalue weighted by Crippen LogP contribution is -2.01. The first kappa shape index (κ1) is 15.9. The van der Waals surface area contributed by atoms with Gasteiger partial charge in [0.2, 0.25) is 0 Å². The van der Waals surface area contributed by atoms with E-state index in [2.05, 4.69) is 48.6 Å². The quantitative estimate of drug-likeness (QED) is 0.548. The Labute approximate surface area is 133 Å². The van der Waals surface area contributed by atoms with Crippen LogP contribution < -0.4 is 0 Å². The molecule has 0 aliphatic rings. The van der Waals surface area contributed by atoms with Gasteiger partial charge >= 0.3 is 0 Å². The highest BCUT2D eigenvalue weighted by Gasteiger charge is 2.03. The van der Waals surface area contributed by atoms with Crippen LogP contribution in [-0.4, -0.2) is 11.5 Å². The molecule has 0 fully saturated rings. The Morgan fingerprint density at radius 3 is 1.82 bits per heavy atom. The Kier molecular flexibility index (Phi) is 5.05. The van der Waals surface area contributed by atoms with E-state index in [1.165, 1.54) is 11.1 Å². The standard InChI is InChI=1S/C20H22N2/c1-14-10-6-8-12-19(14)16(3)21-18(5)22-17(4)20-13-9-7-11-15(20)2/h6-13H,3H2,1-2,4-5H3. The molecule has 0 saturated carbocycles. The number of rotatable bonds is 3. The van der Waals surface area contributed by atoms with E-state index in [4.69, 9.17) is 0 Å². The number of aliphatic imine (C=N–C) groups is 2. The fraction of sp³-hybridized carbons (Fsp3) is 0.200. The molecule has 2 nitrogen and oxygen atoms in total. The zero-order valence-electron chi connectivity index (χ0n) is 13.7. The van der Waals surface area contributed by atoms with Crippen molar-refractivity contribution in [2.75, 3.05) is 0 Å². The van der Waals surface area contributed by atoms with E-state index in [9.17, 15) is 0 Å². The molecule has 22 heavy (non-hydrogen) atoms. The summed E-state index contributed by atoms with van der Waals surface area (Å²) >= 11 is 0. The molecule has 0 spiro atoms. The van der Waals surface area contributed by atoms with Gasteiger partial charge in [0.1, 0.15) is 5.84 Å². The summed E-state index contributed by atoms with van der Waals surface area (Å²) in [7, 11) is 0. The van der Waals surface area contributed by atoms with Crippen molar-refractivity contribution in [1.82, 2.24) is 0 Å². The molecule has 0 amide bonds. The molecule has 0 saturated heterocycles. The molecule has 0 aliphatic carbocycles. The smallest absolute Gasteiger partial charge is 0.126 e. The first-order valence-corrected chi connectivity index (χ1v) is 7.40. The second kappa shape index (κ2) is 6.99. The van der Waals surface area contributed by atoms with E-state index in [1.807, 2.05) is 44.2 Å². The maximum absolute atomic E-state index is 4.61. The Bertz CT molecular complexity index is 752. The normalized spacial score (nSPS) is 12.4. The van der Waals surface area contributed by atoms with Gasteiger partial charge in [-0.3, -0.25) is 0 Å². The molecule has 112 valence electrons. The van der Waals surface area contributed by atoms with Crippen LogP contribution in [0.1, 0.15) is 36.1 Å². The molecule has 0 bridgehead atoms. The molecular weight excluding hydrogens is 268 g/mol. The summed E-state index contributed by atoms with van der Waals surface area (Å²) in [4.78, 5) is 9.15. The van der Waals surface area contributed by atoms with Crippen LogP contribution in [0.3, 0.4) is 0 Å². The number of nitrogens with zero attached hydrogens (tertiary/aromatic N) is 2. The lowest BCUT2D eigenvalue weighted by molar-refractivity contribution is 1.37. The summed E-state index contributed by atoms with van der Waals surface area (Å²) in [6, 6.07) is 16.3. The number of amidine groups is 1. The van der Waals surface area contributed by atoms with Gasteiger partial charge < -0.3 is 0 Å². The summed E-state index contributed by atoms with van der Waals surface area (Å²) < 4.78 is 0. The van der Waals surface area contributed by atoms with Gasteiger partial charge in [-0.15, -0.1) is 0 Å². The molecular formula is C20H22N2. The van der Waals surface area contributed by atoms with Crippen molar-refractivity contribution in [3.63, 3.8) is 0 Å². The maximum atomic E-state index is 4.61. The van der Waals surface area contributed by atoms with Gasteiger partial charge in [-0.25, -0.2) is 9.98 Å². The summed E-state index contributed by atoms with van der Waals surface area (Å²) in [5, 5.41) is 0. The highest BCUT2D eigenvalue weighted by molar-refractivity contribution is 6.07. The van der Waals surface area contributed by atoms with E-state index in [0.717, 1.165) is 22.5 Å². The van der Waals surface area contributed by atoms with Crippen LogP contribution in [0.2, 0.25) is 0 Å². The van der Waals surface area contributed by atoms with Crippen LogP contribution >= 0.6 is 0 Å². The third-order valence-electron chi connectivity index (χ3n) is 3.62. The molecule has 2 rings (SSSR count). The van der Waals surface area contributed by atoms with E-state index < -0.39 is 0 Å². The number of hydrogen-bond acceptors (Lipinski definition) is 1. The summed E-state index contributed by atoms with van der Waals surface area (Å²) in [6.45, 7) is 12.1. The van der Waals surface area contributed by atoms with Gasteiger partial charge in [0.15, 0.2) is 0 Å². The van der Waals surface area contributed by atoms with Gasteiger partial charge in [-0.1, -0.05) is 55.1 Å². The van der Waals surface area contributed by atoms with Crippen LogP contribution in [-0.2, 0) is 0 Å². The topological polar surface area (TPSA) is 24.7 Å². The second-order valence-electron chi connectivity index (χ2n) is 5.43. The molecule has 2 aromatic carbocycles. The Morgan fingerprint density at radius 1 is 0.773 bits per heavy atom. The molecule has 2 heteroatoms. The molecule has 0 N–H and O–H groups in total. The highest BCUT2D eigenvalue weighted by atomic mass is 14.9. The Balaban J connectivity index is 2.26. The van der Waals surface area contributed by atoms with Crippen LogP contribution in [0.4, 0.5) is 0 Å². The number of aryl methyl sites for hydroxylation is 2. The fourth-order valence-electron chi connectivity index (χ4n) is 2.46. The van der Waals surface area contributed by atoms with Crippen molar-refractivity contribution >= 4 is 17.2 Å². The summed E-state index contributed by atoms with van der Waals surface area (Å²) in [6.07, 6.45) is 0. The highest BCUT2D eigenvalue weighted by Crippen LogP contribution is 2.18. The summed E-state index contributed by atoms with van der Waals surface area (Å²) in [5.41, 5.74) is 6.32. The van der Waals surface area contributed by atoms with Gasteiger partial charge in [-0.2, -0.15) is 0 Å². The molecule has 2 aromatic rings. The average molecular weight is 290 g/mol. The monoisotopic (exact) mass is 290 g/mol. The van der Waals surface area contributed by atoms with Crippen molar-refractivity contribution in [2.24, 2.45) is 9.98 Å². The van der Waals surface area contributed by atoms with Crippen LogP contribution in [0.25, 0.3) is 5.70 Å². The lowest BCUT2D eigenvalue weighted by atomic mass is 10.1. The van der Waals surface area contributed by atoms with Crippen LogP contribution in [0.15, 0.2) is 65.1 Å². The molecule has 0 unspecified atom stereocenters. The first-order chi connectivity index (χ1) is 10.5. The average Bonchev–Trinajstić information content (AvgIpc) is 2.47. The van der Waals surface area contributed by atoms with E-state index >= 15 is 0 Å². The molecule has 0 aromatic heterocycles. The number of hydrogen-bond donors (Lipinski definition) is 0. The predicted octanol–water partition coefficient (Wildman–Crippen LogP) is 5.20. The molecule has 0 aliphatic heterocycles. The van der Waals surface area contributed by atoms with Crippen molar-refractivity contribution in [2.45, 2.75) is 27.7 Å². The van der Waals surface area contributed by atoms with Gasteiger partial charge in [0.25, 0.3) is 0 Å². The Hall–Kier alpha value is -2.48. The first-order valence-electron chi connectivity index (χ1n) is 7.40. The largest absolute Gasteiger partial charge is 0.238 e. The molecule has 0 atom stereocenters. The van der Waals surface area contributed by atoms with Crippen LogP contribution in [0.5, 0.6) is 0 Å². The SMILES string of the molecule is C=C(N=C(C)N=C(C)c1ccccc1C)c1ccccc1C. The molecule has 0 radical (unpaired) electrons. The third kappa shape index (κ3) is 3.79. The second-order valence-corrected chi connectivity index (χ2v) is 5.43. The molecule has 0 heterocycles. The Morgan fingerprint density at radius 2 is 1.27 bits per heavy atom. The zero-order valence-corrected chi connectivity index (χ0v) is 13.7. The van der Waals surface area contributed by atoms with Gasteiger partial charge in [0.05, 0.1) is 5.70 Å². The lowest BCUT2D eigenvalue weighted by Gasteiger charge is -2.07. The maximum Gasteiger partial charge on any atom is 0.126 e. The van der Waals surface area contributed by atoms with E-state index in [-0.39, 0.29) is 0 Å². The van der Waals surface area contributed by atoms with Crippen molar-refractivity contribution < 1.29 is 0 Å². The minimum Gasteiger partial charge on any atom is -0.238 e. The fourth-order valence-corrected chi connectivity index (χ4v) is 2.46. The summed E-state index contributed by atoms with van der Waals surface area (Å²) in [5.74, 6) is 0.717. The van der Waals surface area contributed by atoms with E-state index in [1.54, 1.807) is 0 Å². The zero-order chi connectivity index (χ0) is 16.1. The predicted molar refractivity (Wildman–Crippen MR) is 96.7 cm³/mol. The van der Waals surface area contributed by atoms with Crippen LogP contribution in [0, 0.1) is 13.8 Å². The van der Waals surface area contributed by atoms with Gasteiger partial charge in [-0.05, 0) is 44.4 Å².